The Labute approximate surface area is 118 Å². The summed E-state index contributed by atoms with van der Waals surface area (Å²) in [5.41, 5.74) is 8.88. The summed E-state index contributed by atoms with van der Waals surface area (Å²) in [6.45, 7) is 4.30. The summed E-state index contributed by atoms with van der Waals surface area (Å²) < 4.78 is 1.15. The van der Waals surface area contributed by atoms with Crippen molar-refractivity contribution >= 4 is 28.3 Å². The molecule has 1 aliphatic heterocycles. The van der Waals surface area contributed by atoms with E-state index >= 15 is 0 Å². The Bertz CT molecular complexity index is 364. The van der Waals surface area contributed by atoms with Gasteiger partial charge in [0.1, 0.15) is 0 Å². The molecular formula is C13H20BrClN2. The van der Waals surface area contributed by atoms with Gasteiger partial charge in [-0.3, -0.25) is 0 Å². The maximum atomic E-state index is 6.36. The molecule has 0 aromatic heterocycles. The van der Waals surface area contributed by atoms with Gasteiger partial charge in [0, 0.05) is 10.5 Å². The van der Waals surface area contributed by atoms with Crippen LogP contribution in [0, 0.1) is 12.8 Å². The number of hydrogen-bond acceptors (Lipinski definition) is 2. The van der Waals surface area contributed by atoms with E-state index in [1.54, 1.807) is 0 Å². The SMILES string of the molecule is Cc1ccc([C@H](N)C2CCNCC2)c(Br)c1.Cl. The van der Waals surface area contributed by atoms with Gasteiger partial charge in [-0.05, 0) is 56.0 Å². The second kappa shape index (κ2) is 6.74. The van der Waals surface area contributed by atoms with Crippen molar-refractivity contribution in [1.82, 2.24) is 5.32 Å². The Hall–Kier alpha value is -0.0900. The zero-order valence-electron chi connectivity index (χ0n) is 10.1. The third kappa shape index (κ3) is 3.68. The molecule has 96 valence electrons. The molecule has 1 atom stereocenters. The molecule has 2 rings (SSSR count). The van der Waals surface area contributed by atoms with Crippen molar-refractivity contribution in [2.24, 2.45) is 11.7 Å². The molecule has 0 bridgehead atoms. The highest BCUT2D eigenvalue weighted by molar-refractivity contribution is 9.10. The molecule has 1 saturated heterocycles. The number of aryl methyl sites for hydroxylation is 1. The smallest absolute Gasteiger partial charge is 0.0335 e. The standard InChI is InChI=1S/C13H19BrN2.ClH/c1-9-2-3-11(12(14)8-9)13(15)10-4-6-16-7-5-10;/h2-3,8,10,13,16H,4-7,15H2,1H3;1H/t13-;/m1./s1. The average Bonchev–Trinajstić information content (AvgIpc) is 2.29. The van der Waals surface area contributed by atoms with Crippen LogP contribution in [0.5, 0.6) is 0 Å². The van der Waals surface area contributed by atoms with Gasteiger partial charge in [0.25, 0.3) is 0 Å². The normalized spacial score (nSPS) is 18.5. The van der Waals surface area contributed by atoms with Crippen LogP contribution in [0.2, 0.25) is 0 Å². The molecule has 0 radical (unpaired) electrons. The molecule has 1 heterocycles. The molecular weight excluding hydrogens is 300 g/mol. The largest absolute Gasteiger partial charge is 0.324 e. The number of halogens is 2. The van der Waals surface area contributed by atoms with E-state index in [1.807, 2.05) is 0 Å². The first-order chi connectivity index (χ1) is 7.68. The minimum atomic E-state index is 0. The van der Waals surface area contributed by atoms with Gasteiger partial charge in [-0.1, -0.05) is 28.1 Å². The quantitative estimate of drug-likeness (QED) is 0.878. The maximum absolute atomic E-state index is 6.36. The number of benzene rings is 1. The molecule has 2 nitrogen and oxygen atoms in total. The van der Waals surface area contributed by atoms with Crippen molar-refractivity contribution in [3.05, 3.63) is 33.8 Å². The molecule has 0 aliphatic carbocycles. The zero-order valence-corrected chi connectivity index (χ0v) is 12.5. The average molecular weight is 320 g/mol. The molecule has 1 aromatic rings. The van der Waals surface area contributed by atoms with Crippen molar-refractivity contribution < 1.29 is 0 Å². The lowest BCUT2D eigenvalue weighted by molar-refractivity contribution is 0.321. The van der Waals surface area contributed by atoms with Gasteiger partial charge < -0.3 is 11.1 Å². The van der Waals surface area contributed by atoms with Crippen molar-refractivity contribution in [1.29, 1.82) is 0 Å². The van der Waals surface area contributed by atoms with Crippen LogP contribution in [0.25, 0.3) is 0 Å². The minimum Gasteiger partial charge on any atom is -0.324 e. The lowest BCUT2D eigenvalue weighted by atomic mass is 9.86. The Morgan fingerprint density at radius 3 is 2.59 bits per heavy atom. The molecule has 3 N–H and O–H groups in total. The van der Waals surface area contributed by atoms with Crippen LogP contribution in [0.1, 0.15) is 30.0 Å². The molecule has 0 amide bonds. The Kier molecular flexibility index (Phi) is 5.93. The topological polar surface area (TPSA) is 38.0 Å². The zero-order chi connectivity index (χ0) is 11.5. The molecule has 0 spiro atoms. The number of nitrogens with one attached hydrogen (secondary N) is 1. The van der Waals surface area contributed by atoms with Crippen molar-refractivity contribution in [2.45, 2.75) is 25.8 Å². The highest BCUT2D eigenvalue weighted by Gasteiger charge is 2.22. The first kappa shape index (κ1) is 15.0. The van der Waals surface area contributed by atoms with Crippen LogP contribution in [-0.2, 0) is 0 Å². The first-order valence-electron chi connectivity index (χ1n) is 5.91. The van der Waals surface area contributed by atoms with E-state index < -0.39 is 0 Å². The fraction of sp³-hybridized carbons (Fsp3) is 0.538. The van der Waals surface area contributed by atoms with E-state index in [0.29, 0.717) is 5.92 Å². The Morgan fingerprint density at radius 2 is 2.00 bits per heavy atom. The number of piperidine rings is 1. The highest BCUT2D eigenvalue weighted by atomic mass is 79.9. The van der Waals surface area contributed by atoms with Crippen LogP contribution in [0.3, 0.4) is 0 Å². The number of nitrogens with two attached hydrogens (primary N) is 1. The van der Waals surface area contributed by atoms with E-state index in [-0.39, 0.29) is 18.4 Å². The monoisotopic (exact) mass is 318 g/mol. The van der Waals surface area contributed by atoms with E-state index in [1.165, 1.54) is 24.0 Å². The van der Waals surface area contributed by atoms with Gasteiger partial charge in [-0.25, -0.2) is 0 Å². The minimum absolute atomic E-state index is 0. The molecule has 4 heteroatoms. The second-order valence-corrected chi connectivity index (χ2v) is 5.49. The summed E-state index contributed by atoms with van der Waals surface area (Å²) in [5, 5.41) is 3.38. The van der Waals surface area contributed by atoms with Gasteiger partial charge in [-0.2, -0.15) is 0 Å². The predicted octanol–water partition coefficient (Wildman–Crippen LogP) is 3.18. The van der Waals surface area contributed by atoms with Crippen molar-refractivity contribution in [3.63, 3.8) is 0 Å². The predicted molar refractivity (Wildman–Crippen MR) is 78.6 cm³/mol. The number of rotatable bonds is 2. The van der Waals surface area contributed by atoms with E-state index in [4.69, 9.17) is 5.73 Å². The summed E-state index contributed by atoms with van der Waals surface area (Å²) in [6, 6.07) is 6.61. The van der Waals surface area contributed by atoms with E-state index in [9.17, 15) is 0 Å². The highest BCUT2D eigenvalue weighted by Crippen LogP contribution is 2.31. The van der Waals surface area contributed by atoms with Gasteiger partial charge in [0.15, 0.2) is 0 Å². The molecule has 1 aliphatic rings. The molecule has 17 heavy (non-hydrogen) atoms. The third-order valence-electron chi connectivity index (χ3n) is 3.41. The van der Waals surface area contributed by atoms with Gasteiger partial charge in [0.2, 0.25) is 0 Å². The van der Waals surface area contributed by atoms with Crippen LogP contribution in [0.4, 0.5) is 0 Å². The van der Waals surface area contributed by atoms with E-state index in [2.05, 4.69) is 46.4 Å². The summed E-state index contributed by atoms with van der Waals surface area (Å²) in [4.78, 5) is 0. The van der Waals surface area contributed by atoms with Crippen LogP contribution in [0.15, 0.2) is 22.7 Å². The van der Waals surface area contributed by atoms with Crippen molar-refractivity contribution in [3.8, 4) is 0 Å². The summed E-state index contributed by atoms with van der Waals surface area (Å²) in [5.74, 6) is 0.611. The summed E-state index contributed by atoms with van der Waals surface area (Å²) in [6.07, 6.45) is 2.36. The van der Waals surface area contributed by atoms with Gasteiger partial charge in [-0.15, -0.1) is 12.4 Å². The van der Waals surface area contributed by atoms with Crippen LogP contribution in [-0.4, -0.2) is 13.1 Å². The van der Waals surface area contributed by atoms with Crippen LogP contribution < -0.4 is 11.1 Å². The third-order valence-corrected chi connectivity index (χ3v) is 4.09. The first-order valence-corrected chi connectivity index (χ1v) is 6.70. The maximum Gasteiger partial charge on any atom is 0.0335 e. The lowest BCUT2D eigenvalue weighted by Crippen LogP contribution is -2.33. The fourth-order valence-electron chi connectivity index (χ4n) is 2.36. The van der Waals surface area contributed by atoms with Gasteiger partial charge >= 0.3 is 0 Å². The summed E-state index contributed by atoms with van der Waals surface area (Å²) in [7, 11) is 0. The Morgan fingerprint density at radius 1 is 1.35 bits per heavy atom. The molecule has 1 aromatic carbocycles. The fourth-order valence-corrected chi connectivity index (χ4v) is 3.12. The Balaban J connectivity index is 0.00000144. The molecule has 0 unspecified atom stereocenters. The number of hydrogen-bond donors (Lipinski definition) is 2. The molecule has 1 fully saturated rings. The van der Waals surface area contributed by atoms with Crippen molar-refractivity contribution in [2.75, 3.05) is 13.1 Å². The summed E-state index contributed by atoms with van der Waals surface area (Å²) >= 11 is 3.62. The lowest BCUT2D eigenvalue weighted by Gasteiger charge is -2.29. The van der Waals surface area contributed by atoms with Gasteiger partial charge in [0.05, 0.1) is 0 Å². The molecule has 0 saturated carbocycles. The van der Waals surface area contributed by atoms with E-state index in [0.717, 1.165) is 17.6 Å². The van der Waals surface area contributed by atoms with Crippen LogP contribution >= 0.6 is 28.3 Å². The second-order valence-electron chi connectivity index (χ2n) is 4.64.